The zero-order valence-electron chi connectivity index (χ0n) is 11.1. The van der Waals surface area contributed by atoms with Gasteiger partial charge in [0.15, 0.2) is 0 Å². The minimum Gasteiger partial charge on any atom is -0.0590 e. The summed E-state index contributed by atoms with van der Waals surface area (Å²) in [5.41, 5.74) is 8.06. The second kappa shape index (κ2) is 7.32. The van der Waals surface area contributed by atoms with Crippen LogP contribution in [0, 0.1) is 27.7 Å². The predicted molar refractivity (Wildman–Crippen MR) is 70.8 cm³/mol. The van der Waals surface area contributed by atoms with Crippen molar-refractivity contribution in [1.29, 1.82) is 0 Å². The Balaban J connectivity index is 0.00000144. The first-order chi connectivity index (χ1) is 7.58. The molecule has 0 spiro atoms. The number of hydrogen-bond donors (Lipinski definition) is 0. The average Bonchev–Trinajstić information content (AvgIpc) is 2.22. The second-order valence-corrected chi connectivity index (χ2v) is 4.64. The maximum absolute atomic E-state index is 2.27. The number of benzene rings is 2. The van der Waals surface area contributed by atoms with Crippen molar-refractivity contribution in [2.24, 2.45) is 0 Å². The van der Waals surface area contributed by atoms with Crippen molar-refractivity contribution in [3.63, 3.8) is 0 Å². The Morgan fingerprint density at radius 2 is 1.11 bits per heavy atom. The number of hydrogen-bond acceptors (Lipinski definition) is 0. The van der Waals surface area contributed by atoms with E-state index in [2.05, 4.69) is 64.1 Å². The van der Waals surface area contributed by atoms with Gasteiger partial charge in [-0.25, -0.2) is 0 Å². The van der Waals surface area contributed by atoms with Gasteiger partial charge in [-0.2, -0.15) is 0 Å². The van der Waals surface area contributed by atoms with E-state index >= 15 is 0 Å². The van der Waals surface area contributed by atoms with Crippen LogP contribution < -0.4 is 0 Å². The summed E-state index contributed by atoms with van der Waals surface area (Å²) in [7, 11) is 0. The van der Waals surface area contributed by atoms with Gasteiger partial charge in [-0.1, -0.05) is 47.5 Å². The molecule has 0 nitrogen and oxygen atoms in total. The van der Waals surface area contributed by atoms with Gasteiger partial charge in [-0.15, -0.1) is 0 Å². The predicted octanol–water partition coefficient (Wildman–Crippen LogP) is 4.58. The van der Waals surface area contributed by atoms with Crippen molar-refractivity contribution in [3.05, 3.63) is 58.7 Å². The van der Waals surface area contributed by atoms with Crippen molar-refractivity contribution in [2.75, 3.05) is 0 Å². The minimum atomic E-state index is 0. The van der Waals surface area contributed by atoms with Gasteiger partial charge in [-0.3, -0.25) is 0 Å². The SMILES string of the molecule is Cc1ccc(-c2cc(C)ccc2C)c(C)c1.[Rh].[Rh]. The molecule has 2 radical (unpaired) electrons. The third kappa shape index (κ3) is 3.84. The molecule has 0 aliphatic carbocycles. The smallest absolute Gasteiger partial charge is 0 e. The molecule has 0 aliphatic heterocycles. The topological polar surface area (TPSA) is 0 Å². The third-order valence-corrected chi connectivity index (χ3v) is 3.07. The molecule has 0 aromatic heterocycles. The summed E-state index contributed by atoms with van der Waals surface area (Å²) in [5, 5.41) is 0. The van der Waals surface area contributed by atoms with Gasteiger partial charge < -0.3 is 0 Å². The van der Waals surface area contributed by atoms with Crippen LogP contribution in [0.1, 0.15) is 22.3 Å². The average molecular weight is 416 g/mol. The fourth-order valence-electron chi connectivity index (χ4n) is 2.14. The fraction of sp³-hybridized carbons (Fsp3) is 0.250. The molecule has 100 valence electrons. The summed E-state index contributed by atoms with van der Waals surface area (Å²) in [5.74, 6) is 0. The maximum atomic E-state index is 2.27. The molecule has 2 aromatic carbocycles. The first-order valence-electron chi connectivity index (χ1n) is 5.73. The molecule has 0 N–H and O–H groups in total. The van der Waals surface area contributed by atoms with Crippen LogP contribution in [0.5, 0.6) is 0 Å². The van der Waals surface area contributed by atoms with E-state index in [0.717, 1.165) is 0 Å². The Kier molecular flexibility index (Phi) is 7.19. The first kappa shape index (κ1) is 17.7. The van der Waals surface area contributed by atoms with E-state index in [1.165, 1.54) is 33.4 Å². The van der Waals surface area contributed by atoms with Crippen LogP contribution in [0.4, 0.5) is 0 Å². The van der Waals surface area contributed by atoms with Crippen LogP contribution in [0.15, 0.2) is 36.4 Å². The Hall–Kier alpha value is -0.313. The molecule has 0 atom stereocenters. The van der Waals surface area contributed by atoms with Crippen LogP contribution in [0.3, 0.4) is 0 Å². The molecule has 0 fully saturated rings. The van der Waals surface area contributed by atoms with Gasteiger partial charge in [0.05, 0.1) is 0 Å². The van der Waals surface area contributed by atoms with Crippen molar-refractivity contribution in [3.8, 4) is 11.1 Å². The zero-order chi connectivity index (χ0) is 11.7. The molecule has 2 heteroatoms. The molecule has 0 amide bonds. The largest absolute Gasteiger partial charge is 0.0590 e. The molecule has 0 heterocycles. The first-order valence-corrected chi connectivity index (χ1v) is 5.73. The molecule has 2 rings (SSSR count). The zero-order valence-corrected chi connectivity index (χ0v) is 14.4. The summed E-state index contributed by atoms with van der Waals surface area (Å²) in [6.45, 7) is 8.64. The van der Waals surface area contributed by atoms with E-state index in [9.17, 15) is 0 Å². The molecular weight excluding hydrogens is 398 g/mol. The summed E-state index contributed by atoms with van der Waals surface area (Å²) >= 11 is 0. The van der Waals surface area contributed by atoms with E-state index in [-0.39, 0.29) is 39.0 Å². The molecule has 2 aromatic rings. The summed E-state index contributed by atoms with van der Waals surface area (Å²) in [6.07, 6.45) is 0. The summed E-state index contributed by atoms with van der Waals surface area (Å²) in [4.78, 5) is 0. The van der Waals surface area contributed by atoms with Crippen LogP contribution >= 0.6 is 0 Å². The molecule has 18 heavy (non-hydrogen) atoms. The molecular formula is C16H18Rh2. The van der Waals surface area contributed by atoms with Crippen molar-refractivity contribution < 1.29 is 39.0 Å². The minimum absolute atomic E-state index is 0. The van der Waals surface area contributed by atoms with Crippen molar-refractivity contribution >= 4 is 0 Å². The Labute approximate surface area is 136 Å². The number of rotatable bonds is 1. The normalized spacial score (nSPS) is 9.33. The quantitative estimate of drug-likeness (QED) is 0.598. The molecule has 0 saturated heterocycles. The number of aryl methyl sites for hydroxylation is 4. The van der Waals surface area contributed by atoms with Gasteiger partial charge >= 0.3 is 0 Å². The summed E-state index contributed by atoms with van der Waals surface area (Å²) < 4.78 is 0. The second-order valence-electron chi connectivity index (χ2n) is 4.64. The van der Waals surface area contributed by atoms with E-state index in [1.54, 1.807) is 0 Å². The third-order valence-electron chi connectivity index (χ3n) is 3.07. The van der Waals surface area contributed by atoms with Crippen LogP contribution in [-0.2, 0) is 39.0 Å². The van der Waals surface area contributed by atoms with E-state index < -0.39 is 0 Å². The molecule has 0 unspecified atom stereocenters. The standard InChI is InChI=1S/C16H18.2Rh/c1-11-6-8-15(14(4)9-11)16-10-12(2)5-7-13(16)3;;/h5-10H,1-4H3;;. The summed E-state index contributed by atoms with van der Waals surface area (Å²) in [6, 6.07) is 13.3. The van der Waals surface area contributed by atoms with Gasteiger partial charge in [0, 0.05) is 39.0 Å². The van der Waals surface area contributed by atoms with Crippen LogP contribution in [0.25, 0.3) is 11.1 Å². The van der Waals surface area contributed by atoms with Crippen molar-refractivity contribution in [1.82, 2.24) is 0 Å². The van der Waals surface area contributed by atoms with E-state index in [1.807, 2.05) is 0 Å². The van der Waals surface area contributed by atoms with E-state index in [0.29, 0.717) is 0 Å². The maximum Gasteiger partial charge on any atom is 0 e. The molecule has 0 saturated carbocycles. The monoisotopic (exact) mass is 416 g/mol. The van der Waals surface area contributed by atoms with Gasteiger partial charge in [0.1, 0.15) is 0 Å². The van der Waals surface area contributed by atoms with Crippen LogP contribution in [-0.4, -0.2) is 0 Å². The van der Waals surface area contributed by atoms with Crippen LogP contribution in [0.2, 0.25) is 0 Å². The van der Waals surface area contributed by atoms with Gasteiger partial charge in [0.2, 0.25) is 0 Å². The Bertz CT molecular complexity index is 531. The van der Waals surface area contributed by atoms with Gasteiger partial charge in [0.25, 0.3) is 0 Å². The Morgan fingerprint density at radius 3 is 1.72 bits per heavy atom. The molecule has 0 aliphatic rings. The Morgan fingerprint density at radius 1 is 0.556 bits per heavy atom. The van der Waals surface area contributed by atoms with E-state index in [4.69, 9.17) is 0 Å². The molecule has 0 bridgehead atoms. The van der Waals surface area contributed by atoms with Crippen molar-refractivity contribution in [2.45, 2.75) is 27.7 Å². The van der Waals surface area contributed by atoms with Gasteiger partial charge in [-0.05, 0) is 49.9 Å². The fourth-order valence-corrected chi connectivity index (χ4v) is 2.14.